The van der Waals surface area contributed by atoms with Crippen LogP contribution in [-0.2, 0) is 11.3 Å². The molecule has 37 heavy (non-hydrogen) atoms. The summed E-state index contributed by atoms with van der Waals surface area (Å²) in [5.41, 5.74) is 7.52. The van der Waals surface area contributed by atoms with E-state index >= 15 is 0 Å². The van der Waals surface area contributed by atoms with Gasteiger partial charge in [-0.2, -0.15) is 10.2 Å². The van der Waals surface area contributed by atoms with Crippen molar-refractivity contribution in [1.82, 2.24) is 5.32 Å². The molecule has 0 radical (unpaired) electrons. The van der Waals surface area contributed by atoms with Crippen LogP contribution in [0.1, 0.15) is 59.9 Å². The Morgan fingerprint density at radius 3 is 2.19 bits per heavy atom. The third-order valence-electron chi connectivity index (χ3n) is 7.59. The van der Waals surface area contributed by atoms with E-state index in [0.717, 1.165) is 60.2 Å². The van der Waals surface area contributed by atoms with E-state index in [4.69, 9.17) is 14.9 Å². The van der Waals surface area contributed by atoms with E-state index in [2.05, 4.69) is 61.6 Å². The Labute approximate surface area is 219 Å². The fraction of sp³-hybridized carbons (Fsp3) is 0.344. The summed E-state index contributed by atoms with van der Waals surface area (Å²) in [6, 6.07) is 26.8. The minimum atomic E-state index is -0.375. The van der Waals surface area contributed by atoms with E-state index in [1.807, 2.05) is 36.4 Å². The molecule has 3 aromatic carbocycles. The van der Waals surface area contributed by atoms with Gasteiger partial charge in [-0.25, -0.2) is 4.79 Å². The minimum Gasteiger partial charge on any atom is -0.446 e. The number of ether oxygens (including phenoxy) is 1. The van der Waals surface area contributed by atoms with Gasteiger partial charge in [0.2, 0.25) is 0 Å². The lowest BCUT2D eigenvalue weighted by molar-refractivity contribution is 0.0577. The summed E-state index contributed by atoms with van der Waals surface area (Å²) >= 11 is 0. The van der Waals surface area contributed by atoms with Crippen molar-refractivity contribution >= 4 is 17.5 Å². The zero-order valence-corrected chi connectivity index (χ0v) is 21.7. The summed E-state index contributed by atoms with van der Waals surface area (Å²) in [6.07, 6.45) is 4.42. The summed E-state index contributed by atoms with van der Waals surface area (Å²) in [6.45, 7) is 4.60. The van der Waals surface area contributed by atoms with Gasteiger partial charge in [0.15, 0.2) is 0 Å². The molecule has 1 amide bonds. The van der Waals surface area contributed by atoms with Crippen molar-refractivity contribution in [1.29, 1.82) is 0 Å². The fourth-order valence-electron chi connectivity index (χ4n) is 5.69. The van der Waals surface area contributed by atoms with Gasteiger partial charge in [0.05, 0.1) is 11.4 Å². The molecule has 0 saturated heterocycles. The largest absolute Gasteiger partial charge is 0.446 e. The predicted molar refractivity (Wildman–Crippen MR) is 149 cm³/mol. The van der Waals surface area contributed by atoms with Crippen LogP contribution in [-0.4, -0.2) is 23.6 Å². The van der Waals surface area contributed by atoms with Gasteiger partial charge < -0.3 is 10.1 Å². The monoisotopic (exact) mass is 493 g/mol. The highest BCUT2D eigenvalue weighted by Gasteiger charge is 2.42. The van der Waals surface area contributed by atoms with Crippen molar-refractivity contribution in [3.63, 3.8) is 0 Å². The molecule has 1 aliphatic carbocycles. The van der Waals surface area contributed by atoms with Crippen molar-refractivity contribution in [2.75, 3.05) is 0 Å². The molecule has 1 fully saturated rings. The van der Waals surface area contributed by atoms with Gasteiger partial charge in [-0.15, -0.1) is 0 Å². The number of alkyl carbamates (subject to hydrolysis) is 1. The number of carbonyl (C=O) groups is 1. The average Bonchev–Trinajstić information content (AvgIpc) is 2.91. The van der Waals surface area contributed by atoms with Crippen LogP contribution in [0.15, 0.2) is 89.1 Å². The molecule has 1 saturated carbocycles. The summed E-state index contributed by atoms with van der Waals surface area (Å²) in [7, 11) is 0. The number of carbonyl (C=O) groups excluding carboxylic acids is 1. The number of amides is 1. The molecule has 0 aromatic heterocycles. The highest BCUT2D eigenvalue weighted by Crippen LogP contribution is 2.38. The maximum Gasteiger partial charge on any atom is 0.407 e. The molecule has 1 N–H and O–H groups in total. The molecule has 2 aliphatic rings. The second-order valence-electron chi connectivity index (χ2n) is 10.2. The molecule has 3 aromatic rings. The van der Waals surface area contributed by atoms with Crippen LogP contribution in [0.5, 0.6) is 0 Å². The maximum absolute atomic E-state index is 13.1. The summed E-state index contributed by atoms with van der Waals surface area (Å²) < 4.78 is 6.23. The lowest BCUT2D eigenvalue weighted by Gasteiger charge is -2.38. The molecule has 1 heterocycles. The summed E-state index contributed by atoms with van der Waals surface area (Å²) in [5, 5.41) is 12.6. The van der Waals surface area contributed by atoms with E-state index in [1.54, 1.807) is 0 Å². The Morgan fingerprint density at radius 1 is 0.838 bits per heavy atom. The number of nitrogens with one attached hydrogen (secondary N) is 1. The van der Waals surface area contributed by atoms with Crippen molar-refractivity contribution in [2.45, 2.75) is 58.6 Å². The van der Waals surface area contributed by atoms with Gasteiger partial charge in [-0.1, -0.05) is 97.3 Å². The zero-order chi connectivity index (χ0) is 25.6. The first kappa shape index (κ1) is 24.9. The van der Waals surface area contributed by atoms with Gasteiger partial charge in [0.1, 0.15) is 6.10 Å². The Hall–Kier alpha value is -3.73. The van der Waals surface area contributed by atoms with Crippen LogP contribution >= 0.6 is 0 Å². The number of rotatable bonds is 5. The number of hydrogen-bond acceptors (Lipinski definition) is 4. The lowest BCUT2D eigenvalue weighted by Crippen LogP contribution is -2.45. The Balaban J connectivity index is 1.43. The van der Waals surface area contributed by atoms with E-state index in [9.17, 15) is 4.79 Å². The van der Waals surface area contributed by atoms with Crippen LogP contribution in [0.4, 0.5) is 4.79 Å². The number of nitrogens with zero attached hydrogens (tertiary/aromatic N) is 2. The fourth-order valence-corrected chi connectivity index (χ4v) is 5.69. The maximum atomic E-state index is 13.1. The number of fused-ring (bicyclic) bond motifs is 1. The van der Waals surface area contributed by atoms with Gasteiger partial charge in [-0.3, -0.25) is 0 Å². The second kappa shape index (κ2) is 11.5. The van der Waals surface area contributed by atoms with Gasteiger partial charge in [0.25, 0.3) is 0 Å². The standard InChI is InChI=1S/C32H35N3O2/c1-22-18-19-26(23(2)20-22)21-33-32(36)37-28-17-11-5-10-16-27-29(28)31(25-14-8-4-9-15-25)35-34-30(27)24-12-6-3-7-13-24/h3-4,6-9,12-15,18-20,27-29H,5,10-11,16-17,21H2,1-2H3,(H,33,36). The van der Waals surface area contributed by atoms with Crippen molar-refractivity contribution in [3.05, 3.63) is 107 Å². The van der Waals surface area contributed by atoms with Crippen LogP contribution in [0.2, 0.25) is 0 Å². The number of benzene rings is 3. The van der Waals surface area contributed by atoms with Crippen molar-refractivity contribution in [3.8, 4) is 0 Å². The molecular formula is C32H35N3O2. The van der Waals surface area contributed by atoms with E-state index in [-0.39, 0.29) is 24.0 Å². The number of hydrogen-bond donors (Lipinski definition) is 1. The zero-order valence-electron chi connectivity index (χ0n) is 21.7. The quantitative estimate of drug-likeness (QED) is 0.416. The topological polar surface area (TPSA) is 63.0 Å². The molecule has 3 atom stereocenters. The first-order chi connectivity index (χ1) is 18.1. The normalized spacial score (nSPS) is 21.5. The first-order valence-electron chi connectivity index (χ1n) is 13.4. The van der Waals surface area contributed by atoms with Crippen LogP contribution in [0.3, 0.4) is 0 Å². The van der Waals surface area contributed by atoms with Crippen LogP contribution < -0.4 is 5.32 Å². The molecule has 5 rings (SSSR count). The first-order valence-corrected chi connectivity index (χ1v) is 13.4. The molecule has 1 aliphatic heterocycles. The highest BCUT2D eigenvalue weighted by molar-refractivity contribution is 6.11. The van der Waals surface area contributed by atoms with E-state index in [1.165, 1.54) is 11.1 Å². The highest BCUT2D eigenvalue weighted by atomic mass is 16.6. The summed E-state index contributed by atoms with van der Waals surface area (Å²) in [5.74, 6) is 0.0785. The SMILES string of the molecule is Cc1ccc(CNC(=O)OC2CCCCCC3C(c4ccccc4)=NN=C(c4ccccc4)C23)c(C)c1. The second-order valence-corrected chi connectivity index (χ2v) is 10.2. The Kier molecular flexibility index (Phi) is 7.79. The van der Waals surface area contributed by atoms with E-state index in [0.29, 0.717) is 6.54 Å². The molecule has 5 heteroatoms. The molecule has 5 nitrogen and oxygen atoms in total. The average molecular weight is 494 g/mol. The molecule has 3 unspecified atom stereocenters. The lowest BCUT2D eigenvalue weighted by atomic mass is 9.71. The Morgan fingerprint density at radius 2 is 1.49 bits per heavy atom. The molecule has 0 spiro atoms. The molecule has 190 valence electrons. The molecular weight excluding hydrogens is 458 g/mol. The van der Waals surface area contributed by atoms with Gasteiger partial charge >= 0.3 is 6.09 Å². The van der Waals surface area contributed by atoms with Crippen LogP contribution in [0, 0.1) is 25.7 Å². The smallest absolute Gasteiger partial charge is 0.407 e. The van der Waals surface area contributed by atoms with Crippen molar-refractivity contribution in [2.24, 2.45) is 22.0 Å². The van der Waals surface area contributed by atoms with Crippen LogP contribution in [0.25, 0.3) is 0 Å². The van der Waals surface area contributed by atoms with Gasteiger partial charge in [0, 0.05) is 18.4 Å². The van der Waals surface area contributed by atoms with Gasteiger partial charge in [-0.05, 0) is 55.4 Å². The predicted octanol–water partition coefficient (Wildman–Crippen LogP) is 7.00. The Bertz CT molecular complexity index is 1280. The summed E-state index contributed by atoms with van der Waals surface area (Å²) in [4.78, 5) is 13.1. The minimum absolute atomic E-state index is 0.0535. The van der Waals surface area contributed by atoms with E-state index < -0.39 is 0 Å². The third-order valence-corrected chi connectivity index (χ3v) is 7.59. The number of aryl methyl sites for hydroxylation is 2. The van der Waals surface area contributed by atoms with Crippen molar-refractivity contribution < 1.29 is 9.53 Å². The third kappa shape index (κ3) is 5.82. The molecule has 0 bridgehead atoms.